The van der Waals surface area contributed by atoms with Crippen LogP contribution < -0.4 is 31.6 Å². The molecule has 4 aromatic rings. The molecule has 2 fully saturated rings. The van der Waals surface area contributed by atoms with E-state index in [1.54, 1.807) is 48.5 Å². The van der Waals surface area contributed by atoms with Gasteiger partial charge in [-0.1, -0.05) is 23.2 Å². The Bertz CT molecular complexity index is 1520. The van der Waals surface area contributed by atoms with Crippen molar-refractivity contribution < 1.29 is 19.7 Å². The molecule has 6 rings (SSSR count). The van der Waals surface area contributed by atoms with Gasteiger partial charge in [0, 0.05) is 29.1 Å². The van der Waals surface area contributed by atoms with Gasteiger partial charge < -0.3 is 41.8 Å². The Hall–Kier alpha value is -4.10. The zero-order valence-corrected chi connectivity index (χ0v) is 25.2. The van der Waals surface area contributed by atoms with Crippen LogP contribution in [0, 0.1) is 11.8 Å². The molecule has 0 saturated heterocycles. The fourth-order valence-corrected chi connectivity index (χ4v) is 4.81. The predicted octanol–water partition coefficient (Wildman–Crippen LogP) is 5.37. The van der Waals surface area contributed by atoms with Gasteiger partial charge in [-0.25, -0.2) is 9.97 Å². The molecule has 2 atom stereocenters. The molecule has 8 N–H and O–H groups in total. The van der Waals surface area contributed by atoms with Crippen molar-refractivity contribution in [2.45, 2.75) is 37.9 Å². The molecule has 0 amide bonds. The van der Waals surface area contributed by atoms with E-state index in [0.717, 1.165) is 25.7 Å². The Morgan fingerprint density at radius 3 is 1.61 bits per heavy atom. The number of nitrogen functional groups attached to an aromatic ring is 2. The highest BCUT2D eigenvalue weighted by Gasteiger charge is 2.29. The summed E-state index contributed by atoms with van der Waals surface area (Å²) in [5.41, 5.74) is 11.3. The number of halogens is 2. The summed E-state index contributed by atoms with van der Waals surface area (Å²) in [5.74, 6) is 4.32. The molecule has 232 valence electrons. The zero-order valence-electron chi connectivity index (χ0n) is 23.7. The van der Waals surface area contributed by atoms with Crippen LogP contribution in [0.4, 0.5) is 23.5 Å². The zero-order chi connectivity index (χ0) is 31.1. The van der Waals surface area contributed by atoms with Crippen molar-refractivity contribution in [2.75, 3.05) is 35.2 Å². The maximum absolute atomic E-state index is 9.63. The highest BCUT2D eigenvalue weighted by Crippen LogP contribution is 2.33. The topological polar surface area (TPSA) is 187 Å². The van der Waals surface area contributed by atoms with Crippen LogP contribution in [-0.4, -0.2) is 55.4 Å². The van der Waals surface area contributed by atoms with Crippen molar-refractivity contribution in [1.29, 1.82) is 0 Å². The number of aliphatic hydroxyl groups excluding tert-OH is 2. The van der Waals surface area contributed by atoms with Gasteiger partial charge in [-0.3, -0.25) is 0 Å². The Morgan fingerprint density at radius 1 is 0.727 bits per heavy atom. The van der Waals surface area contributed by atoms with Crippen LogP contribution in [0.15, 0.2) is 60.9 Å². The summed E-state index contributed by atoms with van der Waals surface area (Å²) in [7, 11) is 0. The lowest BCUT2D eigenvalue weighted by Gasteiger charge is -2.32. The van der Waals surface area contributed by atoms with E-state index in [-0.39, 0.29) is 30.0 Å². The van der Waals surface area contributed by atoms with Gasteiger partial charge in [0.25, 0.3) is 0 Å². The summed E-state index contributed by atoms with van der Waals surface area (Å²) in [6.45, 7) is 1.33. The van der Waals surface area contributed by atoms with E-state index in [1.807, 2.05) is 0 Å². The summed E-state index contributed by atoms with van der Waals surface area (Å²) in [6.07, 6.45) is 6.11. The lowest BCUT2D eigenvalue weighted by atomic mass is 9.82. The quantitative estimate of drug-likeness (QED) is 0.130. The van der Waals surface area contributed by atoms with E-state index < -0.39 is 0 Å². The smallest absolute Gasteiger partial charge is 0.222 e. The third kappa shape index (κ3) is 8.73. The molecule has 2 aromatic heterocycles. The van der Waals surface area contributed by atoms with Crippen LogP contribution in [0.25, 0.3) is 0 Å². The van der Waals surface area contributed by atoms with E-state index in [0.29, 0.717) is 63.7 Å². The highest BCUT2D eigenvalue weighted by atomic mass is 35.5. The number of nitrogens with two attached hydrogens (primary N) is 2. The minimum Gasteiger partial charge on any atom is -0.452 e. The Balaban J connectivity index is 0.000000175. The van der Waals surface area contributed by atoms with Gasteiger partial charge in [0.15, 0.2) is 23.1 Å². The molecule has 0 aliphatic heterocycles. The first-order valence-electron chi connectivity index (χ1n) is 14.2. The van der Waals surface area contributed by atoms with Crippen LogP contribution in [0.1, 0.15) is 25.7 Å². The number of nitrogens with one attached hydrogen (secondary N) is 2. The van der Waals surface area contributed by atoms with Gasteiger partial charge in [-0.2, -0.15) is 9.97 Å². The summed E-state index contributed by atoms with van der Waals surface area (Å²) >= 11 is 11.7. The molecule has 44 heavy (non-hydrogen) atoms. The van der Waals surface area contributed by atoms with Crippen molar-refractivity contribution >= 4 is 46.7 Å². The molecule has 2 aromatic carbocycles. The van der Waals surface area contributed by atoms with Gasteiger partial charge in [0.05, 0.1) is 24.6 Å². The fourth-order valence-electron chi connectivity index (χ4n) is 4.56. The van der Waals surface area contributed by atoms with E-state index in [1.165, 1.54) is 12.4 Å². The fraction of sp³-hybridized carbons (Fsp3) is 0.333. The third-order valence-electron chi connectivity index (χ3n) is 7.31. The number of nitrogens with zero attached hydrogens (tertiary/aromatic N) is 4. The average Bonchev–Trinajstić information content (AvgIpc) is 2.99. The molecule has 0 spiro atoms. The van der Waals surface area contributed by atoms with E-state index in [2.05, 4.69) is 30.6 Å². The van der Waals surface area contributed by atoms with Crippen LogP contribution in [0.3, 0.4) is 0 Å². The van der Waals surface area contributed by atoms with E-state index in [4.69, 9.17) is 44.1 Å². The van der Waals surface area contributed by atoms with Gasteiger partial charge in [-0.15, -0.1) is 0 Å². The Kier molecular flexibility index (Phi) is 10.4. The minimum absolute atomic E-state index is 0.167. The Labute approximate surface area is 264 Å². The van der Waals surface area contributed by atoms with Crippen molar-refractivity contribution in [3.05, 3.63) is 71.0 Å². The molecular weight excluding hydrogens is 607 g/mol. The number of benzene rings is 2. The van der Waals surface area contributed by atoms with Crippen LogP contribution in [0.2, 0.25) is 10.0 Å². The monoisotopic (exact) mass is 640 g/mol. The number of anilines is 4. The summed E-state index contributed by atoms with van der Waals surface area (Å²) in [4.78, 5) is 16.3. The minimum atomic E-state index is -0.243. The second-order valence-electron chi connectivity index (χ2n) is 10.7. The maximum Gasteiger partial charge on any atom is 0.222 e. The van der Waals surface area contributed by atoms with E-state index >= 15 is 0 Å². The van der Waals surface area contributed by atoms with Crippen molar-refractivity contribution in [2.24, 2.45) is 11.8 Å². The molecule has 2 aliphatic rings. The molecule has 2 saturated carbocycles. The van der Waals surface area contributed by atoms with Gasteiger partial charge in [0.1, 0.15) is 11.5 Å². The standard InChI is InChI=1S/2C15H17ClN4O2/c16-10-2-4-11(5-3-10)22-13-8-19-15(17)20-14(13)18-7-9-1-6-12(9)21;16-10-1-3-12(4-2-10)22-13-8-19-15(17)20-14(13)18-7-9-5-11(21)6-9/h2-5,8-9,12,21H,1,6-7H2,(H3,17,18,19,20);1-4,8-9,11,21H,5-7H2,(H3,17,18,19,20)/t9-,12+;/m0./s1. The van der Waals surface area contributed by atoms with Crippen LogP contribution in [-0.2, 0) is 0 Å². The number of rotatable bonds is 10. The summed E-state index contributed by atoms with van der Waals surface area (Å²) < 4.78 is 11.5. The number of hydrogen-bond acceptors (Lipinski definition) is 12. The molecule has 2 aliphatic carbocycles. The lowest BCUT2D eigenvalue weighted by molar-refractivity contribution is 0.0314. The highest BCUT2D eigenvalue weighted by molar-refractivity contribution is 6.30. The van der Waals surface area contributed by atoms with E-state index in [9.17, 15) is 10.2 Å². The first-order chi connectivity index (χ1) is 21.2. The summed E-state index contributed by atoms with van der Waals surface area (Å²) in [5, 5.41) is 26.6. The number of ether oxygens (including phenoxy) is 2. The molecule has 0 radical (unpaired) electrons. The van der Waals surface area contributed by atoms with Crippen molar-refractivity contribution in [1.82, 2.24) is 19.9 Å². The van der Waals surface area contributed by atoms with Crippen molar-refractivity contribution in [3.8, 4) is 23.0 Å². The normalized spacial score (nSPS) is 20.3. The molecule has 12 nitrogen and oxygen atoms in total. The Morgan fingerprint density at radius 2 is 1.20 bits per heavy atom. The van der Waals surface area contributed by atoms with Gasteiger partial charge >= 0.3 is 0 Å². The molecular formula is C30H34Cl2N8O4. The predicted molar refractivity (Wildman–Crippen MR) is 170 cm³/mol. The second-order valence-corrected chi connectivity index (χ2v) is 11.5. The number of hydrogen-bond donors (Lipinski definition) is 6. The number of aromatic nitrogens is 4. The summed E-state index contributed by atoms with van der Waals surface area (Å²) in [6, 6.07) is 14.0. The second kappa shape index (κ2) is 14.6. The average molecular weight is 642 g/mol. The third-order valence-corrected chi connectivity index (χ3v) is 7.81. The van der Waals surface area contributed by atoms with Crippen LogP contribution in [0.5, 0.6) is 23.0 Å². The largest absolute Gasteiger partial charge is 0.452 e. The molecule has 2 heterocycles. The molecule has 0 bridgehead atoms. The lowest BCUT2D eigenvalue weighted by Crippen LogP contribution is -2.36. The van der Waals surface area contributed by atoms with Crippen molar-refractivity contribution in [3.63, 3.8) is 0 Å². The molecule has 0 unspecified atom stereocenters. The first-order valence-corrected chi connectivity index (χ1v) is 14.9. The van der Waals surface area contributed by atoms with Gasteiger partial charge in [-0.05, 0) is 80.1 Å². The SMILES string of the molecule is Nc1ncc(Oc2ccc(Cl)cc2)c(NCC2CC(O)C2)n1.Nc1ncc(Oc2ccc(Cl)cc2)c(NC[C@@H]2CC[C@H]2O)n1. The maximum atomic E-state index is 9.63. The van der Waals surface area contributed by atoms with Crippen LogP contribution >= 0.6 is 23.2 Å². The first kappa shape index (κ1) is 31.3. The molecule has 14 heteroatoms. The number of aliphatic hydroxyl groups is 2. The van der Waals surface area contributed by atoms with Gasteiger partial charge in [0.2, 0.25) is 11.9 Å².